The Balaban J connectivity index is 1.56. The summed E-state index contributed by atoms with van der Waals surface area (Å²) in [5.41, 5.74) is 0.252. The van der Waals surface area contributed by atoms with E-state index in [0.29, 0.717) is 18.4 Å². The summed E-state index contributed by atoms with van der Waals surface area (Å²) in [4.78, 5) is 35.2. The van der Waals surface area contributed by atoms with E-state index in [1.54, 1.807) is 31.2 Å². The zero-order valence-corrected chi connectivity index (χ0v) is 14.4. The second-order valence-electron chi connectivity index (χ2n) is 7.06. The summed E-state index contributed by atoms with van der Waals surface area (Å²) in [6, 6.07) is 6.29. The number of amides is 4. The molecule has 140 valence electrons. The average Bonchev–Trinajstić information content (AvgIpc) is 3.04. The second kappa shape index (κ2) is 6.66. The van der Waals surface area contributed by atoms with Crippen molar-refractivity contribution >= 4 is 17.8 Å². The van der Waals surface area contributed by atoms with E-state index in [4.69, 9.17) is 0 Å². The molecule has 2 unspecified atom stereocenters. The van der Waals surface area contributed by atoms with E-state index in [9.17, 15) is 23.2 Å². The molecule has 0 spiro atoms. The largest absolute Gasteiger partial charge is 0.352 e. The van der Waals surface area contributed by atoms with Crippen LogP contribution in [0.2, 0.25) is 0 Å². The molecular weight excluding hydrogens is 344 g/mol. The van der Waals surface area contributed by atoms with Crippen molar-refractivity contribution in [1.82, 2.24) is 16.0 Å². The number of carbonyl (C=O) groups excluding carboxylic acids is 3. The van der Waals surface area contributed by atoms with Gasteiger partial charge in [-0.15, -0.1) is 0 Å². The van der Waals surface area contributed by atoms with Crippen LogP contribution >= 0.6 is 0 Å². The highest BCUT2D eigenvalue weighted by atomic mass is 19.3. The number of hydrogen-bond donors (Lipinski definition) is 3. The molecule has 1 heterocycles. The Morgan fingerprint density at radius 2 is 1.96 bits per heavy atom. The van der Waals surface area contributed by atoms with Crippen molar-refractivity contribution in [3.8, 4) is 0 Å². The first-order chi connectivity index (χ1) is 12.2. The number of hydrogen-bond acceptors (Lipinski definition) is 3. The van der Waals surface area contributed by atoms with Gasteiger partial charge < -0.3 is 10.6 Å². The molecule has 1 aliphatic heterocycles. The summed E-state index contributed by atoms with van der Waals surface area (Å²) < 4.78 is 27.2. The van der Waals surface area contributed by atoms with Crippen LogP contribution in [0.15, 0.2) is 24.3 Å². The maximum absolute atomic E-state index is 13.6. The summed E-state index contributed by atoms with van der Waals surface area (Å²) in [6.07, 6.45) is 0.515. The van der Waals surface area contributed by atoms with Crippen molar-refractivity contribution in [1.29, 1.82) is 0 Å². The topological polar surface area (TPSA) is 87.3 Å². The lowest BCUT2D eigenvalue weighted by Gasteiger charge is -2.21. The van der Waals surface area contributed by atoms with Gasteiger partial charge in [0.25, 0.3) is 11.8 Å². The molecular formula is C18H21F2N3O3. The molecule has 26 heavy (non-hydrogen) atoms. The minimum absolute atomic E-state index is 0.144. The van der Waals surface area contributed by atoms with Crippen molar-refractivity contribution in [2.24, 2.45) is 5.92 Å². The normalized spacial score (nSPS) is 27.1. The molecule has 2 fully saturated rings. The predicted molar refractivity (Wildman–Crippen MR) is 89.2 cm³/mol. The molecule has 1 aromatic rings. The van der Waals surface area contributed by atoms with Crippen molar-refractivity contribution in [2.45, 2.75) is 50.6 Å². The quantitative estimate of drug-likeness (QED) is 0.699. The predicted octanol–water partition coefficient (Wildman–Crippen LogP) is 2.18. The number of rotatable bonds is 5. The molecule has 8 heteroatoms. The minimum atomic E-state index is -2.75. The molecule has 1 aromatic carbocycles. The molecule has 6 nitrogen and oxygen atoms in total. The number of urea groups is 1. The Bertz CT molecular complexity index is 736. The average molecular weight is 365 g/mol. The van der Waals surface area contributed by atoms with Crippen molar-refractivity contribution < 1.29 is 23.2 Å². The molecule has 0 aromatic heterocycles. The van der Waals surface area contributed by atoms with Crippen LogP contribution < -0.4 is 16.0 Å². The highest BCUT2D eigenvalue weighted by molar-refractivity contribution is 6.07. The van der Waals surface area contributed by atoms with Gasteiger partial charge in [-0.25, -0.2) is 13.6 Å². The van der Waals surface area contributed by atoms with Crippen LogP contribution in [0.4, 0.5) is 13.6 Å². The fourth-order valence-electron chi connectivity index (χ4n) is 3.45. The summed E-state index contributed by atoms with van der Waals surface area (Å²) in [5.74, 6) is -4.45. The zero-order valence-electron chi connectivity index (χ0n) is 14.4. The van der Waals surface area contributed by atoms with Crippen LogP contribution in [0.3, 0.4) is 0 Å². The van der Waals surface area contributed by atoms with Gasteiger partial charge in [0.1, 0.15) is 5.54 Å². The highest BCUT2D eigenvalue weighted by Crippen LogP contribution is 2.42. The molecule has 3 N–H and O–H groups in total. The highest BCUT2D eigenvalue weighted by Gasteiger charge is 2.44. The Morgan fingerprint density at radius 1 is 1.27 bits per heavy atom. The second-order valence-corrected chi connectivity index (χ2v) is 7.06. The van der Waals surface area contributed by atoms with Crippen LogP contribution in [0.5, 0.6) is 0 Å². The van der Waals surface area contributed by atoms with Crippen LogP contribution in [-0.2, 0) is 21.7 Å². The smallest absolute Gasteiger partial charge is 0.322 e. The third-order valence-electron chi connectivity index (χ3n) is 5.16. The molecule has 4 amide bonds. The van der Waals surface area contributed by atoms with Gasteiger partial charge in [-0.1, -0.05) is 24.3 Å². The van der Waals surface area contributed by atoms with Gasteiger partial charge in [0.2, 0.25) is 5.91 Å². The van der Waals surface area contributed by atoms with Crippen LogP contribution in [0.25, 0.3) is 0 Å². The maximum atomic E-state index is 13.6. The van der Waals surface area contributed by atoms with E-state index in [0.717, 1.165) is 5.56 Å². The standard InChI is InChI=1S/C18H21F2N3O3/c1-17(15(25)22-16(26)23-17)12-6-4-11(5-7-12)10-21-14(24)9-13-3-2-8-18(13,19)20/h4-7,13H,2-3,8-10H2,1H3,(H,21,24)(H2,22,23,25,26). The number of halogens is 2. The molecule has 2 aliphatic rings. The third kappa shape index (κ3) is 3.54. The molecule has 2 atom stereocenters. The van der Waals surface area contributed by atoms with Crippen molar-refractivity contribution in [2.75, 3.05) is 0 Å². The summed E-state index contributed by atoms with van der Waals surface area (Å²) in [5, 5.41) is 7.42. The number of alkyl halides is 2. The summed E-state index contributed by atoms with van der Waals surface area (Å²) in [7, 11) is 0. The van der Waals surface area contributed by atoms with Gasteiger partial charge in [-0.3, -0.25) is 14.9 Å². The number of benzene rings is 1. The lowest BCUT2D eigenvalue weighted by atomic mass is 9.91. The Labute approximate surface area is 149 Å². The fourth-order valence-corrected chi connectivity index (χ4v) is 3.45. The van der Waals surface area contributed by atoms with Gasteiger partial charge in [-0.2, -0.15) is 0 Å². The van der Waals surface area contributed by atoms with Crippen molar-refractivity contribution in [3.05, 3.63) is 35.4 Å². The van der Waals surface area contributed by atoms with Gasteiger partial charge in [-0.05, 0) is 30.9 Å². The SMILES string of the molecule is CC1(c2ccc(CNC(=O)CC3CCCC3(F)F)cc2)NC(=O)NC1=O. The van der Waals surface area contributed by atoms with Gasteiger partial charge in [0.05, 0.1) is 0 Å². The fraction of sp³-hybridized carbons (Fsp3) is 0.500. The van der Waals surface area contributed by atoms with Crippen molar-refractivity contribution in [3.63, 3.8) is 0 Å². The molecule has 0 radical (unpaired) electrons. The minimum Gasteiger partial charge on any atom is -0.352 e. The summed E-state index contributed by atoms with van der Waals surface area (Å²) >= 11 is 0. The van der Waals surface area contributed by atoms with E-state index in [1.165, 1.54) is 0 Å². The lowest BCUT2D eigenvalue weighted by molar-refractivity contribution is -0.126. The molecule has 1 aliphatic carbocycles. The Morgan fingerprint density at radius 3 is 2.50 bits per heavy atom. The maximum Gasteiger partial charge on any atom is 0.322 e. The van der Waals surface area contributed by atoms with E-state index in [-0.39, 0.29) is 19.4 Å². The zero-order chi connectivity index (χ0) is 18.9. The number of nitrogens with one attached hydrogen (secondary N) is 3. The molecule has 1 saturated carbocycles. The van der Waals surface area contributed by atoms with Crippen LogP contribution in [0, 0.1) is 5.92 Å². The Kier molecular flexibility index (Phi) is 4.68. The monoisotopic (exact) mass is 365 g/mol. The first-order valence-electron chi connectivity index (χ1n) is 8.58. The van der Waals surface area contributed by atoms with E-state index in [2.05, 4.69) is 16.0 Å². The first-order valence-corrected chi connectivity index (χ1v) is 8.58. The third-order valence-corrected chi connectivity index (χ3v) is 5.16. The van der Waals surface area contributed by atoms with E-state index in [1.807, 2.05) is 0 Å². The first kappa shape index (κ1) is 18.3. The molecule has 0 bridgehead atoms. The lowest BCUT2D eigenvalue weighted by Crippen LogP contribution is -2.40. The van der Waals surface area contributed by atoms with Gasteiger partial charge in [0.15, 0.2) is 0 Å². The van der Waals surface area contributed by atoms with E-state index < -0.39 is 35.2 Å². The van der Waals surface area contributed by atoms with E-state index >= 15 is 0 Å². The summed E-state index contributed by atoms with van der Waals surface area (Å²) in [6.45, 7) is 1.82. The van der Waals surface area contributed by atoms with Gasteiger partial charge >= 0.3 is 6.03 Å². The molecule has 3 rings (SSSR count). The Hall–Kier alpha value is -2.51. The molecule has 1 saturated heterocycles. The van der Waals surface area contributed by atoms with Gasteiger partial charge in [0, 0.05) is 25.3 Å². The number of imide groups is 1. The number of carbonyl (C=O) groups is 3. The van der Waals surface area contributed by atoms with Crippen LogP contribution in [-0.4, -0.2) is 23.8 Å². The van der Waals surface area contributed by atoms with Crippen LogP contribution in [0.1, 0.15) is 43.7 Å².